The molecule has 0 saturated heterocycles. The Bertz CT molecular complexity index is 1080. The van der Waals surface area contributed by atoms with Crippen molar-refractivity contribution in [2.45, 2.75) is 38.7 Å². The Balaban J connectivity index is 1.31. The Hall–Kier alpha value is -3.44. The maximum Gasteiger partial charge on any atom is 0.311 e. The van der Waals surface area contributed by atoms with Crippen molar-refractivity contribution in [1.29, 1.82) is 0 Å². The van der Waals surface area contributed by atoms with E-state index >= 15 is 0 Å². The van der Waals surface area contributed by atoms with E-state index in [0.717, 1.165) is 12.0 Å². The van der Waals surface area contributed by atoms with Gasteiger partial charge in [-0.3, -0.25) is 9.59 Å². The van der Waals surface area contributed by atoms with Gasteiger partial charge in [-0.05, 0) is 40.7 Å². The zero-order chi connectivity index (χ0) is 24.5. The van der Waals surface area contributed by atoms with E-state index in [1.54, 1.807) is 0 Å². The van der Waals surface area contributed by atoms with Crippen molar-refractivity contribution in [3.8, 4) is 11.1 Å². The van der Waals surface area contributed by atoms with Crippen molar-refractivity contribution < 1.29 is 23.8 Å². The Kier molecular flexibility index (Phi) is 8.68. The highest BCUT2D eigenvalue weighted by atomic mass is 16.5. The SMILES string of the molecule is CCCOC[C@H](CCC(=O)OCC1c2ccccc2-c2ccccc21)C(=O)OCc1ccccc1. The van der Waals surface area contributed by atoms with Gasteiger partial charge in [-0.2, -0.15) is 0 Å². The average Bonchev–Trinajstić information content (AvgIpc) is 3.22. The van der Waals surface area contributed by atoms with Crippen LogP contribution in [0.2, 0.25) is 0 Å². The van der Waals surface area contributed by atoms with E-state index in [0.29, 0.717) is 13.0 Å². The van der Waals surface area contributed by atoms with Crippen LogP contribution in [0.5, 0.6) is 0 Å². The summed E-state index contributed by atoms with van der Waals surface area (Å²) in [5, 5.41) is 0. The lowest BCUT2D eigenvalue weighted by Crippen LogP contribution is -2.24. The van der Waals surface area contributed by atoms with Crippen molar-refractivity contribution in [3.05, 3.63) is 95.6 Å². The molecule has 1 atom stereocenters. The van der Waals surface area contributed by atoms with Crippen LogP contribution < -0.4 is 0 Å². The first kappa shape index (κ1) is 24.7. The van der Waals surface area contributed by atoms with Gasteiger partial charge in [-0.1, -0.05) is 85.8 Å². The number of esters is 2. The first-order valence-corrected chi connectivity index (χ1v) is 12.3. The topological polar surface area (TPSA) is 61.8 Å². The maximum atomic E-state index is 12.7. The minimum atomic E-state index is -0.509. The number of benzene rings is 3. The third-order valence-corrected chi connectivity index (χ3v) is 6.30. The molecule has 3 aromatic rings. The quantitative estimate of drug-likeness (QED) is 0.242. The summed E-state index contributed by atoms with van der Waals surface area (Å²) in [7, 11) is 0. The van der Waals surface area contributed by atoms with Gasteiger partial charge in [0.25, 0.3) is 0 Å². The second kappa shape index (κ2) is 12.3. The summed E-state index contributed by atoms with van der Waals surface area (Å²) in [4.78, 5) is 25.4. The Morgan fingerprint density at radius 3 is 2.11 bits per heavy atom. The van der Waals surface area contributed by atoms with Gasteiger partial charge in [0.1, 0.15) is 13.2 Å². The second-order valence-electron chi connectivity index (χ2n) is 8.81. The predicted molar refractivity (Wildman–Crippen MR) is 135 cm³/mol. The van der Waals surface area contributed by atoms with E-state index in [-0.39, 0.29) is 44.1 Å². The number of carbonyl (C=O) groups is 2. The molecule has 0 saturated carbocycles. The number of rotatable bonds is 12. The zero-order valence-electron chi connectivity index (χ0n) is 20.2. The molecule has 4 rings (SSSR count). The highest BCUT2D eigenvalue weighted by Crippen LogP contribution is 2.44. The summed E-state index contributed by atoms with van der Waals surface area (Å²) in [5.41, 5.74) is 5.66. The minimum Gasteiger partial charge on any atom is -0.465 e. The van der Waals surface area contributed by atoms with Gasteiger partial charge < -0.3 is 14.2 Å². The second-order valence-corrected chi connectivity index (χ2v) is 8.81. The van der Waals surface area contributed by atoms with Crippen molar-refractivity contribution in [2.24, 2.45) is 5.92 Å². The van der Waals surface area contributed by atoms with Crippen molar-refractivity contribution in [2.75, 3.05) is 19.8 Å². The molecule has 0 spiro atoms. The standard InChI is InChI=1S/C30H32O5/c1-2-18-33-20-23(30(32)35-19-22-10-4-3-5-11-22)16-17-29(31)34-21-28-26-14-8-6-12-24(26)25-13-7-9-15-27(25)28/h3-15,23,28H,2,16-21H2,1H3/t23-/m0/s1. The molecule has 3 aromatic carbocycles. The highest BCUT2D eigenvalue weighted by molar-refractivity contribution is 5.79. The summed E-state index contributed by atoms with van der Waals surface area (Å²) < 4.78 is 16.8. The summed E-state index contributed by atoms with van der Waals surface area (Å²) in [5.74, 6) is -1.16. The number of hydrogen-bond acceptors (Lipinski definition) is 5. The van der Waals surface area contributed by atoms with Crippen LogP contribution in [0.15, 0.2) is 78.9 Å². The fourth-order valence-electron chi connectivity index (χ4n) is 4.47. The van der Waals surface area contributed by atoms with Crippen LogP contribution in [0, 0.1) is 5.92 Å². The molecule has 0 amide bonds. The third-order valence-electron chi connectivity index (χ3n) is 6.30. The zero-order valence-corrected chi connectivity index (χ0v) is 20.2. The molecular weight excluding hydrogens is 440 g/mol. The minimum absolute atomic E-state index is 0.0193. The van der Waals surface area contributed by atoms with Crippen LogP contribution in [0.3, 0.4) is 0 Å². The monoisotopic (exact) mass is 472 g/mol. The largest absolute Gasteiger partial charge is 0.465 e. The Labute approximate surface area is 207 Å². The fraction of sp³-hybridized carbons (Fsp3) is 0.333. The molecule has 0 N–H and O–H groups in total. The van der Waals surface area contributed by atoms with Crippen LogP contribution in [0.1, 0.15) is 48.8 Å². The van der Waals surface area contributed by atoms with Crippen LogP contribution in [0.25, 0.3) is 11.1 Å². The lowest BCUT2D eigenvalue weighted by Gasteiger charge is -2.17. The normalized spacial score (nSPS) is 13.1. The predicted octanol–water partition coefficient (Wildman–Crippen LogP) is 5.91. The Morgan fingerprint density at radius 1 is 0.829 bits per heavy atom. The van der Waals surface area contributed by atoms with E-state index in [1.807, 2.05) is 61.5 Å². The van der Waals surface area contributed by atoms with Crippen LogP contribution >= 0.6 is 0 Å². The summed E-state index contributed by atoms with van der Waals surface area (Å²) in [6.07, 6.45) is 1.32. The molecule has 182 valence electrons. The van der Waals surface area contributed by atoms with Gasteiger partial charge in [0.15, 0.2) is 0 Å². The molecule has 0 fully saturated rings. The molecule has 1 aliphatic rings. The van der Waals surface area contributed by atoms with Crippen LogP contribution in [-0.4, -0.2) is 31.8 Å². The van der Waals surface area contributed by atoms with Crippen molar-refractivity contribution >= 4 is 11.9 Å². The molecule has 1 aliphatic carbocycles. The van der Waals surface area contributed by atoms with E-state index < -0.39 is 5.92 Å². The maximum absolute atomic E-state index is 12.7. The fourth-order valence-corrected chi connectivity index (χ4v) is 4.47. The lowest BCUT2D eigenvalue weighted by molar-refractivity contribution is -0.153. The molecule has 0 aromatic heterocycles. The highest BCUT2D eigenvalue weighted by Gasteiger charge is 2.29. The molecule has 0 bridgehead atoms. The molecule has 5 heteroatoms. The smallest absolute Gasteiger partial charge is 0.311 e. The van der Waals surface area contributed by atoms with E-state index in [1.165, 1.54) is 22.3 Å². The van der Waals surface area contributed by atoms with Crippen LogP contribution in [-0.2, 0) is 30.4 Å². The molecular formula is C30H32O5. The Morgan fingerprint density at radius 2 is 1.46 bits per heavy atom. The summed E-state index contributed by atoms with van der Waals surface area (Å²) in [6, 6.07) is 26.0. The number of hydrogen-bond donors (Lipinski definition) is 0. The first-order valence-electron chi connectivity index (χ1n) is 12.3. The van der Waals surface area contributed by atoms with E-state index in [4.69, 9.17) is 14.2 Å². The van der Waals surface area contributed by atoms with Gasteiger partial charge in [0, 0.05) is 18.9 Å². The average molecular weight is 473 g/mol. The molecule has 0 unspecified atom stereocenters. The van der Waals surface area contributed by atoms with Gasteiger partial charge in [0.05, 0.1) is 12.5 Å². The number of fused-ring (bicyclic) bond motifs is 3. The molecule has 5 nitrogen and oxygen atoms in total. The van der Waals surface area contributed by atoms with Gasteiger partial charge in [-0.25, -0.2) is 0 Å². The van der Waals surface area contributed by atoms with E-state index in [9.17, 15) is 9.59 Å². The molecule has 35 heavy (non-hydrogen) atoms. The molecule has 0 aliphatic heterocycles. The molecule has 0 heterocycles. The van der Waals surface area contributed by atoms with Crippen molar-refractivity contribution in [1.82, 2.24) is 0 Å². The van der Waals surface area contributed by atoms with Crippen LogP contribution in [0.4, 0.5) is 0 Å². The van der Waals surface area contributed by atoms with Gasteiger partial charge >= 0.3 is 11.9 Å². The summed E-state index contributed by atoms with van der Waals surface area (Å²) >= 11 is 0. The summed E-state index contributed by atoms with van der Waals surface area (Å²) in [6.45, 7) is 3.29. The molecule has 0 radical (unpaired) electrons. The van der Waals surface area contributed by atoms with E-state index in [2.05, 4.69) is 24.3 Å². The van der Waals surface area contributed by atoms with Crippen molar-refractivity contribution in [3.63, 3.8) is 0 Å². The third kappa shape index (κ3) is 6.37. The first-order chi connectivity index (χ1) is 17.2. The number of ether oxygens (including phenoxy) is 3. The number of carbonyl (C=O) groups excluding carboxylic acids is 2. The van der Waals surface area contributed by atoms with Gasteiger partial charge in [0.2, 0.25) is 0 Å². The van der Waals surface area contributed by atoms with Gasteiger partial charge in [-0.15, -0.1) is 0 Å². The lowest BCUT2D eigenvalue weighted by atomic mass is 9.98.